The molecule has 0 rings (SSSR count). The predicted molar refractivity (Wildman–Crippen MR) is 40.8 cm³/mol. The molecule has 0 saturated carbocycles. The van der Waals surface area contributed by atoms with E-state index >= 15 is 0 Å². The molecule has 0 aliphatic carbocycles. The zero-order valence-electron chi connectivity index (χ0n) is 6.77. The molecule has 72 valence electrons. The molecule has 0 saturated heterocycles. The van der Waals surface area contributed by atoms with Gasteiger partial charge in [0.2, 0.25) is 0 Å². The van der Waals surface area contributed by atoms with E-state index in [1.54, 1.807) is 0 Å². The van der Waals surface area contributed by atoms with Crippen LogP contribution in [-0.4, -0.2) is 47.2 Å². The van der Waals surface area contributed by atoms with Crippen LogP contribution >= 0.6 is 0 Å². The highest BCUT2D eigenvalue weighted by atomic mass is 16.5. The molecular weight excluding hydrogens is 164 g/mol. The minimum atomic E-state index is -0.866. The van der Waals surface area contributed by atoms with Crippen LogP contribution in [0, 0.1) is 0 Å². The van der Waals surface area contributed by atoms with Crippen molar-refractivity contribution in [1.29, 1.82) is 0 Å². The summed E-state index contributed by atoms with van der Waals surface area (Å²) < 4.78 is 4.86. The molecule has 0 heterocycles. The molecule has 0 amide bonds. The van der Waals surface area contributed by atoms with Gasteiger partial charge in [-0.1, -0.05) is 0 Å². The lowest BCUT2D eigenvalue weighted by molar-refractivity contribution is -0.137. The average Bonchev–Trinajstić information content (AvgIpc) is 2.03. The molecule has 0 aliphatic heterocycles. The molecule has 0 aromatic rings. The van der Waals surface area contributed by atoms with Gasteiger partial charge in [0.1, 0.15) is 6.10 Å². The minimum Gasteiger partial charge on any atom is -0.481 e. The van der Waals surface area contributed by atoms with Crippen LogP contribution in [-0.2, 0) is 9.53 Å². The van der Waals surface area contributed by atoms with Crippen LogP contribution in [0.3, 0.4) is 0 Å². The van der Waals surface area contributed by atoms with Crippen LogP contribution in [0.2, 0.25) is 0 Å². The summed E-state index contributed by atoms with van der Waals surface area (Å²) in [6, 6.07) is 0. The standard InChI is InChI=1S/C7H14O5/c8-4-6(9)5-12-3-1-2-7(10)11/h6,8-9H,1-5H2,(H,10,11). The number of aliphatic carboxylic acids is 1. The summed E-state index contributed by atoms with van der Waals surface area (Å²) in [5, 5.41) is 25.4. The zero-order valence-corrected chi connectivity index (χ0v) is 6.77. The molecule has 1 unspecified atom stereocenters. The molecule has 1 atom stereocenters. The molecule has 0 spiro atoms. The smallest absolute Gasteiger partial charge is 0.303 e. The van der Waals surface area contributed by atoms with Gasteiger partial charge in [0, 0.05) is 13.0 Å². The van der Waals surface area contributed by atoms with E-state index in [1.807, 2.05) is 0 Å². The first kappa shape index (κ1) is 11.4. The normalized spacial score (nSPS) is 12.8. The molecule has 12 heavy (non-hydrogen) atoms. The van der Waals surface area contributed by atoms with E-state index < -0.39 is 12.1 Å². The largest absolute Gasteiger partial charge is 0.481 e. The van der Waals surface area contributed by atoms with Crippen LogP contribution < -0.4 is 0 Å². The molecule has 5 heteroatoms. The summed E-state index contributed by atoms with van der Waals surface area (Å²) in [5.74, 6) is -0.860. The van der Waals surface area contributed by atoms with Crippen molar-refractivity contribution >= 4 is 5.97 Å². The van der Waals surface area contributed by atoms with Gasteiger partial charge in [0.05, 0.1) is 13.2 Å². The van der Waals surface area contributed by atoms with Crippen molar-refractivity contribution in [2.45, 2.75) is 18.9 Å². The Hall–Kier alpha value is -0.650. The number of carboxylic acid groups (broad SMARTS) is 1. The van der Waals surface area contributed by atoms with Gasteiger partial charge in [-0.2, -0.15) is 0 Å². The SMILES string of the molecule is O=C(O)CCCOCC(O)CO. The van der Waals surface area contributed by atoms with E-state index in [0.29, 0.717) is 13.0 Å². The van der Waals surface area contributed by atoms with Crippen LogP contribution in [0.25, 0.3) is 0 Å². The van der Waals surface area contributed by atoms with Gasteiger partial charge >= 0.3 is 5.97 Å². The lowest BCUT2D eigenvalue weighted by Gasteiger charge is -2.06. The lowest BCUT2D eigenvalue weighted by atomic mass is 10.3. The number of ether oxygens (including phenoxy) is 1. The maximum Gasteiger partial charge on any atom is 0.303 e. The number of hydrogen-bond donors (Lipinski definition) is 3. The maximum atomic E-state index is 10.0. The van der Waals surface area contributed by atoms with E-state index in [1.165, 1.54) is 0 Å². The third-order valence-electron chi connectivity index (χ3n) is 1.20. The molecule has 0 aromatic heterocycles. The van der Waals surface area contributed by atoms with Gasteiger partial charge in [-0.25, -0.2) is 0 Å². The highest BCUT2D eigenvalue weighted by Crippen LogP contribution is 1.91. The third kappa shape index (κ3) is 7.46. The van der Waals surface area contributed by atoms with Crippen molar-refractivity contribution in [2.75, 3.05) is 19.8 Å². The summed E-state index contributed by atoms with van der Waals surface area (Å²) in [6.45, 7) is 0.0123. The average molecular weight is 178 g/mol. The molecule has 5 nitrogen and oxygen atoms in total. The quantitative estimate of drug-likeness (QED) is 0.445. The van der Waals surface area contributed by atoms with Crippen molar-refractivity contribution in [3.8, 4) is 0 Å². The van der Waals surface area contributed by atoms with Crippen molar-refractivity contribution < 1.29 is 24.9 Å². The van der Waals surface area contributed by atoms with Gasteiger partial charge in [-0.3, -0.25) is 4.79 Å². The Kier molecular flexibility index (Phi) is 6.64. The molecule has 0 aromatic carbocycles. The Balaban J connectivity index is 3.05. The molecule has 0 bridgehead atoms. The maximum absolute atomic E-state index is 10.0. The Labute approximate surface area is 70.6 Å². The highest BCUT2D eigenvalue weighted by molar-refractivity contribution is 5.66. The van der Waals surface area contributed by atoms with Gasteiger partial charge in [-0.15, -0.1) is 0 Å². The fourth-order valence-corrected chi connectivity index (χ4v) is 0.598. The first-order valence-electron chi connectivity index (χ1n) is 3.75. The fourth-order valence-electron chi connectivity index (χ4n) is 0.598. The predicted octanol–water partition coefficient (Wildman–Crippen LogP) is -0.779. The van der Waals surface area contributed by atoms with Gasteiger partial charge < -0.3 is 20.1 Å². The Morgan fingerprint density at radius 1 is 1.50 bits per heavy atom. The molecule has 3 N–H and O–H groups in total. The van der Waals surface area contributed by atoms with E-state index in [2.05, 4.69) is 0 Å². The van der Waals surface area contributed by atoms with Crippen molar-refractivity contribution in [1.82, 2.24) is 0 Å². The zero-order chi connectivity index (χ0) is 9.40. The third-order valence-corrected chi connectivity index (χ3v) is 1.20. The number of aliphatic hydroxyl groups excluding tert-OH is 2. The lowest BCUT2D eigenvalue weighted by Crippen LogP contribution is -2.19. The summed E-state index contributed by atoms with van der Waals surface area (Å²) in [4.78, 5) is 10.0. The van der Waals surface area contributed by atoms with Crippen LogP contribution in [0.5, 0.6) is 0 Å². The van der Waals surface area contributed by atoms with Gasteiger partial charge in [0.25, 0.3) is 0 Å². The summed E-state index contributed by atoms with van der Waals surface area (Å²) in [5.41, 5.74) is 0. The fraction of sp³-hybridized carbons (Fsp3) is 0.857. The molecule has 0 aliphatic rings. The van der Waals surface area contributed by atoms with E-state index in [9.17, 15) is 4.79 Å². The first-order chi connectivity index (χ1) is 5.66. The Morgan fingerprint density at radius 3 is 2.67 bits per heavy atom. The van der Waals surface area contributed by atoms with Crippen LogP contribution in [0.1, 0.15) is 12.8 Å². The Bertz CT molecular complexity index is 125. The number of hydrogen-bond acceptors (Lipinski definition) is 4. The Morgan fingerprint density at radius 2 is 2.17 bits per heavy atom. The summed E-state index contributed by atoms with van der Waals surface area (Å²) in [7, 11) is 0. The number of carbonyl (C=O) groups is 1. The monoisotopic (exact) mass is 178 g/mol. The molecule has 0 radical (unpaired) electrons. The van der Waals surface area contributed by atoms with Crippen LogP contribution in [0.15, 0.2) is 0 Å². The summed E-state index contributed by atoms with van der Waals surface area (Å²) in [6.07, 6.45) is -0.377. The van der Waals surface area contributed by atoms with E-state index in [-0.39, 0.29) is 19.6 Å². The topological polar surface area (TPSA) is 87.0 Å². The second-order valence-corrected chi connectivity index (χ2v) is 2.41. The molecule has 0 fully saturated rings. The first-order valence-corrected chi connectivity index (χ1v) is 3.75. The van der Waals surface area contributed by atoms with Gasteiger partial charge in [-0.05, 0) is 6.42 Å². The van der Waals surface area contributed by atoms with Crippen molar-refractivity contribution in [2.24, 2.45) is 0 Å². The van der Waals surface area contributed by atoms with E-state index in [4.69, 9.17) is 20.1 Å². The second-order valence-electron chi connectivity index (χ2n) is 2.41. The number of rotatable bonds is 7. The highest BCUT2D eigenvalue weighted by Gasteiger charge is 2.01. The van der Waals surface area contributed by atoms with E-state index in [0.717, 1.165) is 0 Å². The molecular formula is C7H14O5. The minimum absolute atomic E-state index is 0.0517. The van der Waals surface area contributed by atoms with Crippen molar-refractivity contribution in [3.63, 3.8) is 0 Å². The second kappa shape index (κ2) is 7.02. The number of carboxylic acids is 1. The summed E-state index contributed by atoms with van der Waals surface area (Å²) >= 11 is 0. The van der Waals surface area contributed by atoms with Crippen LogP contribution in [0.4, 0.5) is 0 Å². The van der Waals surface area contributed by atoms with Crippen molar-refractivity contribution in [3.05, 3.63) is 0 Å². The van der Waals surface area contributed by atoms with Gasteiger partial charge in [0.15, 0.2) is 0 Å². The number of aliphatic hydroxyl groups is 2.